The number of rotatable bonds is 7. The van der Waals surface area contributed by atoms with Crippen LogP contribution in [0.25, 0.3) is 11.1 Å². The number of nitrogens with zero attached hydrogens (tertiary/aromatic N) is 2. The first-order valence-corrected chi connectivity index (χ1v) is 9.20. The Kier molecular flexibility index (Phi) is 6.04. The number of amides is 1. The smallest absolute Gasteiger partial charge is 0.254 e. The van der Waals surface area contributed by atoms with Crippen LogP contribution in [0.15, 0.2) is 60.9 Å². The van der Waals surface area contributed by atoms with Crippen LogP contribution in [0, 0.1) is 0 Å². The Bertz CT molecular complexity index is 873. The minimum absolute atomic E-state index is 0.0526. The molecule has 0 aliphatic carbocycles. The molecule has 140 valence electrons. The second-order valence-electron chi connectivity index (χ2n) is 6.70. The molecule has 0 saturated heterocycles. The number of hydrogen-bond acceptors (Lipinski definition) is 3. The lowest BCUT2D eigenvalue weighted by atomic mass is 9.99. The van der Waals surface area contributed by atoms with Crippen molar-refractivity contribution in [2.75, 3.05) is 7.05 Å². The van der Waals surface area contributed by atoms with E-state index in [-0.39, 0.29) is 5.91 Å². The van der Waals surface area contributed by atoms with Gasteiger partial charge < -0.3 is 15.0 Å². The largest absolute Gasteiger partial charge is 0.388 e. The molecule has 1 atom stereocenters. The summed E-state index contributed by atoms with van der Waals surface area (Å²) in [7, 11) is 1.77. The van der Waals surface area contributed by atoms with E-state index in [1.807, 2.05) is 48.5 Å². The Balaban J connectivity index is 1.75. The number of aliphatic hydroxyl groups excluding tert-OH is 1. The van der Waals surface area contributed by atoms with Crippen molar-refractivity contribution in [3.8, 4) is 11.1 Å². The fourth-order valence-corrected chi connectivity index (χ4v) is 3.07. The molecule has 2 aromatic carbocycles. The topological polar surface area (TPSA) is 69.2 Å². The van der Waals surface area contributed by atoms with Crippen LogP contribution in [0.1, 0.15) is 47.6 Å². The van der Waals surface area contributed by atoms with Gasteiger partial charge in [0.05, 0.1) is 12.6 Å². The van der Waals surface area contributed by atoms with Gasteiger partial charge in [0.15, 0.2) is 0 Å². The van der Waals surface area contributed by atoms with Crippen LogP contribution in [-0.4, -0.2) is 32.9 Å². The van der Waals surface area contributed by atoms with Crippen molar-refractivity contribution < 1.29 is 9.90 Å². The molecular weight excluding hydrogens is 338 g/mol. The number of aliphatic hydroxyl groups is 1. The van der Waals surface area contributed by atoms with Crippen LogP contribution in [0.5, 0.6) is 0 Å². The summed E-state index contributed by atoms with van der Waals surface area (Å²) in [5, 5.41) is 10.1. The van der Waals surface area contributed by atoms with Crippen molar-refractivity contribution in [2.24, 2.45) is 0 Å². The monoisotopic (exact) mass is 363 g/mol. The van der Waals surface area contributed by atoms with E-state index in [1.54, 1.807) is 24.3 Å². The summed E-state index contributed by atoms with van der Waals surface area (Å²) in [6.07, 6.45) is 4.70. The standard InChI is InChI=1S/C22H25N3O2/c1-3-5-20(26)17-10-8-16(9-11-17)18-6-4-7-19(14-18)22(27)25(2)15-21-23-12-13-24-21/h4,6-14,20,26H,3,5,15H2,1-2H3,(H,23,24)/t20-/m1/s1. The highest BCUT2D eigenvalue weighted by Crippen LogP contribution is 2.25. The van der Waals surface area contributed by atoms with Gasteiger partial charge in [-0.1, -0.05) is 49.7 Å². The van der Waals surface area contributed by atoms with Crippen molar-refractivity contribution in [3.05, 3.63) is 77.9 Å². The fourth-order valence-electron chi connectivity index (χ4n) is 3.07. The van der Waals surface area contributed by atoms with Crippen LogP contribution < -0.4 is 0 Å². The molecule has 5 heteroatoms. The van der Waals surface area contributed by atoms with E-state index in [2.05, 4.69) is 16.9 Å². The van der Waals surface area contributed by atoms with Crippen LogP contribution >= 0.6 is 0 Å². The van der Waals surface area contributed by atoms with Gasteiger partial charge in [-0.2, -0.15) is 0 Å². The van der Waals surface area contributed by atoms with Gasteiger partial charge in [0.25, 0.3) is 5.91 Å². The van der Waals surface area contributed by atoms with Crippen molar-refractivity contribution in [1.29, 1.82) is 0 Å². The summed E-state index contributed by atoms with van der Waals surface area (Å²) in [5.41, 5.74) is 3.55. The predicted molar refractivity (Wildman–Crippen MR) is 106 cm³/mol. The summed E-state index contributed by atoms with van der Waals surface area (Å²) in [5.74, 6) is 0.700. The van der Waals surface area contributed by atoms with E-state index in [4.69, 9.17) is 0 Å². The van der Waals surface area contributed by atoms with Crippen LogP contribution in [0.3, 0.4) is 0 Å². The Labute approximate surface area is 159 Å². The van der Waals surface area contributed by atoms with Crippen molar-refractivity contribution >= 4 is 5.91 Å². The molecular formula is C22H25N3O2. The molecule has 3 rings (SSSR count). The lowest BCUT2D eigenvalue weighted by Crippen LogP contribution is -2.26. The molecule has 1 amide bonds. The Morgan fingerprint density at radius 3 is 2.63 bits per heavy atom. The zero-order valence-corrected chi connectivity index (χ0v) is 15.7. The van der Waals surface area contributed by atoms with Gasteiger partial charge in [-0.05, 0) is 35.2 Å². The van der Waals surface area contributed by atoms with Gasteiger partial charge in [0.1, 0.15) is 5.82 Å². The van der Waals surface area contributed by atoms with Crippen LogP contribution in [0.2, 0.25) is 0 Å². The first kappa shape index (κ1) is 18.9. The number of nitrogens with one attached hydrogen (secondary N) is 1. The second kappa shape index (κ2) is 8.64. The number of hydrogen-bond donors (Lipinski definition) is 2. The molecule has 0 bridgehead atoms. The molecule has 0 fully saturated rings. The lowest BCUT2D eigenvalue weighted by Gasteiger charge is -2.16. The van der Waals surface area contributed by atoms with Crippen molar-refractivity contribution in [1.82, 2.24) is 14.9 Å². The summed E-state index contributed by atoms with van der Waals surface area (Å²) in [6, 6.07) is 15.5. The SMILES string of the molecule is CCC[C@@H](O)c1ccc(-c2cccc(C(=O)N(C)Cc3ncc[nH]3)c2)cc1. The van der Waals surface area contributed by atoms with Gasteiger partial charge in [-0.15, -0.1) is 0 Å². The number of imidazole rings is 1. The predicted octanol–water partition coefficient (Wildman–Crippen LogP) is 4.18. The first-order chi connectivity index (χ1) is 13.1. The number of carbonyl (C=O) groups is 1. The van der Waals surface area contributed by atoms with E-state index in [9.17, 15) is 9.90 Å². The quantitative estimate of drug-likeness (QED) is 0.661. The molecule has 0 unspecified atom stereocenters. The molecule has 2 N–H and O–H groups in total. The van der Waals surface area contributed by atoms with Gasteiger partial charge in [0.2, 0.25) is 0 Å². The van der Waals surface area contributed by atoms with E-state index < -0.39 is 6.10 Å². The van der Waals surface area contributed by atoms with E-state index in [0.29, 0.717) is 12.1 Å². The third kappa shape index (κ3) is 4.63. The van der Waals surface area contributed by atoms with Crippen molar-refractivity contribution in [2.45, 2.75) is 32.4 Å². The van der Waals surface area contributed by atoms with E-state index in [0.717, 1.165) is 35.4 Å². The average Bonchev–Trinajstić information content (AvgIpc) is 3.21. The Morgan fingerprint density at radius 2 is 1.96 bits per heavy atom. The normalized spacial score (nSPS) is 12.0. The molecule has 1 heterocycles. The fraction of sp³-hybridized carbons (Fsp3) is 0.273. The first-order valence-electron chi connectivity index (χ1n) is 9.20. The third-order valence-electron chi connectivity index (χ3n) is 4.59. The molecule has 0 radical (unpaired) electrons. The number of benzene rings is 2. The maximum absolute atomic E-state index is 12.7. The van der Waals surface area contributed by atoms with Gasteiger partial charge >= 0.3 is 0 Å². The molecule has 1 aromatic heterocycles. The van der Waals surface area contributed by atoms with Gasteiger partial charge in [-0.25, -0.2) is 4.98 Å². The maximum atomic E-state index is 12.7. The summed E-state index contributed by atoms with van der Waals surface area (Å²) in [6.45, 7) is 2.49. The minimum atomic E-state index is -0.424. The second-order valence-corrected chi connectivity index (χ2v) is 6.70. The molecule has 27 heavy (non-hydrogen) atoms. The van der Waals surface area contributed by atoms with E-state index in [1.165, 1.54) is 0 Å². The highest BCUT2D eigenvalue weighted by atomic mass is 16.3. The molecule has 0 aliphatic rings. The molecule has 3 aromatic rings. The van der Waals surface area contributed by atoms with Gasteiger partial charge in [-0.3, -0.25) is 4.79 Å². The molecule has 0 spiro atoms. The highest BCUT2D eigenvalue weighted by molar-refractivity contribution is 5.95. The zero-order valence-electron chi connectivity index (χ0n) is 15.7. The summed E-state index contributed by atoms with van der Waals surface area (Å²) >= 11 is 0. The number of aromatic amines is 1. The third-order valence-corrected chi connectivity index (χ3v) is 4.59. The summed E-state index contributed by atoms with van der Waals surface area (Å²) in [4.78, 5) is 21.5. The minimum Gasteiger partial charge on any atom is -0.388 e. The maximum Gasteiger partial charge on any atom is 0.254 e. The average molecular weight is 363 g/mol. The van der Waals surface area contributed by atoms with Crippen molar-refractivity contribution in [3.63, 3.8) is 0 Å². The molecule has 0 saturated carbocycles. The lowest BCUT2D eigenvalue weighted by molar-refractivity contribution is 0.0782. The summed E-state index contributed by atoms with van der Waals surface area (Å²) < 4.78 is 0. The number of carbonyl (C=O) groups excluding carboxylic acids is 1. The van der Waals surface area contributed by atoms with E-state index >= 15 is 0 Å². The number of H-pyrrole nitrogens is 1. The Morgan fingerprint density at radius 1 is 1.19 bits per heavy atom. The molecule has 5 nitrogen and oxygen atoms in total. The highest BCUT2D eigenvalue weighted by Gasteiger charge is 2.14. The zero-order chi connectivity index (χ0) is 19.2. The molecule has 0 aliphatic heterocycles. The van der Waals surface area contributed by atoms with Gasteiger partial charge in [0, 0.05) is 25.0 Å². The van der Waals surface area contributed by atoms with Crippen LogP contribution in [0.4, 0.5) is 0 Å². The number of aromatic nitrogens is 2. The Hall–Kier alpha value is -2.92. The van der Waals surface area contributed by atoms with Crippen LogP contribution in [-0.2, 0) is 6.54 Å².